The molecule has 0 atom stereocenters. The first-order valence-corrected chi connectivity index (χ1v) is 7.95. The van der Waals surface area contributed by atoms with Gasteiger partial charge in [0.1, 0.15) is 11.5 Å². The van der Waals surface area contributed by atoms with Crippen molar-refractivity contribution >= 4 is 35.3 Å². The zero-order chi connectivity index (χ0) is 19.1. The highest BCUT2D eigenvalue weighted by Gasteiger charge is 2.14. The monoisotopic (exact) mass is 375 g/mol. The Balaban J connectivity index is 1.99. The largest absolute Gasteiger partial charge is 0.497 e. The number of carbonyl (C=O) groups is 2. The lowest BCUT2D eigenvalue weighted by Crippen LogP contribution is -2.32. The summed E-state index contributed by atoms with van der Waals surface area (Å²) in [6, 6.07) is 10.0. The molecule has 2 aromatic rings. The van der Waals surface area contributed by atoms with E-state index in [2.05, 4.69) is 15.8 Å². The summed E-state index contributed by atoms with van der Waals surface area (Å²) in [4.78, 5) is 23.8. The van der Waals surface area contributed by atoms with Gasteiger partial charge in [-0.3, -0.25) is 9.59 Å². The Morgan fingerprint density at radius 3 is 2.50 bits per heavy atom. The van der Waals surface area contributed by atoms with Crippen molar-refractivity contribution in [3.05, 3.63) is 52.5 Å². The van der Waals surface area contributed by atoms with Crippen molar-refractivity contribution in [2.24, 2.45) is 5.10 Å². The van der Waals surface area contributed by atoms with Gasteiger partial charge in [0, 0.05) is 22.3 Å². The number of halogens is 1. The van der Waals surface area contributed by atoms with Crippen molar-refractivity contribution in [3.63, 3.8) is 0 Å². The number of benzene rings is 2. The second-order valence-electron chi connectivity index (χ2n) is 5.22. The van der Waals surface area contributed by atoms with Crippen LogP contribution in [0.25, 0.3) is 0 Å². The lowest BCUT2D eigenvalue weighted by Gasteiger charge is -2.08. The Labute approximate surface area is 155 Å². The topological polar surface area (TPSA) is 89.0 Å². The molecule has 0 aliphatic carbocycles. The fourth-order valence-electron chi connectivity index (χ4n) is 2.08. The third-order valence-corrected chi connectivity index (χ3v) is 3.69. The normalized spacial score (nSPS) is 10.5. The summed E-state index contributed by atoms with van der Waals surface area (Å²) >= 11 is 5.86. The molecule has 2 N–H and O–H groups in total. The summed E-state index contributed by atoms with van der Waals surface area (Å²) < 4.78 is 10.3. The summed E-state index contributed by atoms with van der Waals surface area (Å²) in [6.45, 7) is 1.77. The number of hydrogen-bond acceptors (Lipinski definition) is 5. The van der Waals surface area contributed by atoms with Crippen LogP contribution in [0.1, 0.15) is 11.1 Å². The molecule has 0 heterocycles. The smallest absolute Gasteiger partial charge is 0.329 e. The minimum Gasteiger partial charge on any atom is -0.497 e. The molecule has 0 fully saturated rings. The Bertz CT molecular complexity index is 852. The third-order valence-electron chi connectivity index (χ3n) is 3.45. The van der Waals surface area contributed by atoms with Gasteiger partial charge in [-0.15, -0.1) is 0 Å². The van der Waals surface area contributed by atoms with Crippen LogP contribution in [0.3, 0.4) is 0 Å². The Morgan fingerprint density at radius 2 is 1.85 bits per heavy atom. The van der Waals surface area contributed by atoms with Gasteiger partial charge in [0.15, 0.2) is 0 Å². The number of methoxy groups -OCH3 is 2. The van der Waals surface area contributed by atoms with Crippen LogP contribution in [0, 0.1) is 6.92 Å². The van der Waals surface area contributed by atoms with E-state index >= 15 is 0 Å². The number of ether oxygens (including phenoxy) is 2. The molecule has 2 aromatic carbocycles. The molecule has 8 heteroatoms. The number of aryl methyl sites for hydroxylation is 1. The van der Waals surface area contributed by atoms with E-state index in [9.17, 15) is 9.59 Å². The average molecular weight is 376 g/mol. The van der Waals surface area contributed by atoms with Crippen LogP contribution in [-0.4, -0.2) is 32.2 Å². The first-order chi connectivity index (χ1) is 12.4. The van der Waals surface area contributed by atoms with Crippen LogP contribution in [0.5, 0.6) is 11.5 Å². The minimum absolute atomic E-state index is 0.496. The van der Waals surface area contributed by atoms with Crippen LogP contribution in [0.15, 0.2) is 41.5 Å². The average Bonchev–Trinajstić information content (AvgIpc) is 2.63. The van der Waals surface area contributed by atoms with Gasteiger partial charge < -0.3 is 14.8 Å². The van der Waals surface area contributed by atoms with Crippen molar-refractivity contribution in [2.75, 3.05) is 19.5 Å². The Kier molecular flexibility index (Phi) is 6.57. The van der Waals surface area contributed by atoms with Gasteiger partial charge in [-0.1, -0.05) is 11.6 Å². The number of amides is 2. The molecule has 2 amide bonds. The predicted octanol–water partition coefficient (Wildman–Crippen LogP) is 2.75. The van der Waals surface area contributed by atoms with Crippen molar-refractivity contribution in [1.29, 1.82) is 0 Å². The third kappa shape index (κ3) is 4.97. The lowest BCUT2D eigenvalue weighted by molar-refractivity contribution is -0.136. The van der Waals surface area contributed by atoms with E-state index < -0.39 is 11.8 Å². The van der Waals surface area contributed by atoms with Crippen molar-refractivity contribution in [2.45, 2.75) is 6.92 Å². The molecule has 136 valence electrons. The maximum atomic E-state index is 11.9. The van der Waals surface area contributed by atoms with E-state index in [0.717, 1.165) is 5.56 Å². The Morgan fingerprint density at radius 1 is 1.08 bits per heavy atom. The highest BCUT2D eigenvalue weighted by molar-refractivity contribution is 6.39. The molecular formula is C18H18ClN3O4. The second-order valence-corrected chi connectivity index (χ2v) is 5.66. The molecule has 0 spiro atoms. The zero-order valence-corrected chi connectivity index (χ0v) is 15.3. The van der Waals surface area contributed by atoms with Gasteiger partial charge >= 0.3 is 11.8 Å². The second kappa shape index (κ2) is 8.87. The summed E-state index contributed by atoms with van der Waals surface area (Å²) in [6.07, 6.45) is 1.37. The van der Waals surface area contributed by atoms with E-state index in [4.69, 9.17) is 21.1 Å². The van der Waals surface area contributed by atoms with Crippen molar-refractivity contribution < 1.29 is 19.1 Å². The molecule has 0 unspecified atom stereocenters. The lowest BCUT2D eigenvalue weighted by atomic mass is 10.2. The molecule has 0 aliphatic rings. The summed E-state index contributed by atoms with van der Waals surface area (Å²) in [5.74, 6) is -0.596. The zero-order valence-electron chi connectivity index (χ0n) is 14.5. The fraction of sp³-hybridized carbons (Fsp3) is 0.167. The van der Waals surface area contributed by atoms with E-state index in [0.29, 0.717) is 27.8 Å². The van der Waals surface area contributed by atoms with Gasteiger partial charge in [-0.2, -0.15) is 5.10 Å². The van der Waals surface area contributed by atoms with Gasteiger partial charge in [0.25, 0.3) is 0 Å². The summed E-state index contributed by atoms with van der Waals surface area (Å²) in [5.41, 5.74) is 4.02. The number of nitrogens with one attached hydrogen (secondary N) is 2. The predicted molar refractivity (Wildman–Crippen MR) is 100 cm³/mol. The van der Waals surface area contributed by atoms with Gasteiger partial charge in [0.05, 0.1) is 20.4 Å². The maximum absolute atomic E-state index is 11.9. The maximum Gasteiger partial charge on any atom is 0.329 e. The minimum atomic E-state index is -0.900. The number of hydrazone groups is 1. The number of carbonyl (C=O) groups excluding carboxylic acids is 2. The number of rotatable bonds is 5. The molecule has 7 nitrogen and oxygen atoms in total. The molecule has 0 saturated heterocycles. The molecule has 0 bridgehead atoms. The van der Waals surface area contributed by atoms with Crippen molar-refractivity contribution in [1.82, 2.24) is 5.43 Å². The Hall–Kier alpha value is -3.06. The van der Waals surface area contributed by atoms with Gasteiger partial charge in [-0.05, 0) is 42.8 Å². The van der Waals surface area contributed by atoms with Crippen LogP contribution in [-0.2, 0) is 9.59 Å². The van der Waals surface area contributed by atoms with E-state index in [1.807, 2.05) is 0 Å². The SMILES string of the molecule is COc1ccc(C=NNC(=O)C(=O)Nc2ccc(Cl)cc2C)c(OC)c1. The molecule has 2 rings (SSSR count). The van der Waals surface area contributed by atoms with Crippen LogP contribution < -0.4 is 20.2 Å². The quantitative estimate of drug-likeness (QED) is 0.477. The van der Waals surface area contributed by atoms with E-state index in [1.54, 1.807) is 50.4 Å². The number of hydrogen-bond donors (Lipinski definition) is 2. The first kappa shape index (κ1) is 19.3. The van der Waals surface area contributed by atoms with Gasteiger partial charge in [0.2, 0.25) is 0 Å². The van der Waals surface area contributed by atoms with Gasteiger partial charge in [-0.25, -0.2) is 5.43 Å². The molecule has 0 saturated carbocycles. The van der Waals surface area contributed by atoms with Crippen LogP contribution in [0.4, 0.5) is 5.69 Å². The van der Waals surface area contributed by atoms with Crippen molar-refractivity contribution in [3.8, 4) is 11.5 Å². The molecule has 0 aliphatic heterocycles. The molecule has 0 radical (unpaired) electrons. The summed E-state index contributed by atoms with van der Waals surface area (Å²) in [7, 11) is 3.05. The standard InChI is InChI=1S/C18H18ClN3O4/c1-11-8-13(19)5-7-15(11)21-17(23)18(24)22-20-10-12-4-6-14(25-2)9-16(12)26-3/h4-10H,1-3H3,(H,21,23)(H,22,24). The van der Waals surface area contributed by atoms with E-state index in [1.165, 1.54) is 13.3 Å². The fourth-order valence-corrected chi connectivity index (χ4v) is 2.31. The molecule has 0 aromatic heterocycles. The number of anilines is 1. The highest BCUT2D eigenvalue weighted by atomic mass is 35.5. The summed E-state index contributed by atoms with van der Waals surface area (Å²) in [5, 5.41) is 6.82. The van der Waals surface area contributed by atoms with E-state index in [-0.39, 0.29) is 0 Å². The van der Waals surface area contributed by atoms with Crippen LogP contribution in [0.2, 0.25) is 5.02 Å². The van der Waals surface area contributed by atoms with Crippen LogP contribution >= 0.6 is 11.6 Å². The molecular weight excluding hydrogens is 358 g/mol. The highest BCUT2D eigenvalue weighted by Crippen LogP contribution is 2.23. The first-order valence-electron chi connectivity index (χ1n) is 7.57. The molecule has 26 heavy (non-hydrogen) atoms. The number of nitrogens with zero attached hydrogens (tertiary/aromatic N) is 1.